The normalized spacial score (nSPS) is 20.1. The van der Waals surface area contributed by atoms with Gasteiger partial charge >= 0.3 is 5.97 Å². The fourth-order valence-electron chi connectivity index (χ4n) is 3.49. The Morgan fingerprint density at radius 1 is 1.04 bits per heavy atom. The van der Waals surface area contributed by atoms with Gasteiger partial charge in [0.1, 0.15) is 11.9 Å². The second kappa shape index (κ2) is 7.33. The van der Waals surface area contributed by atoms with Gasteiger partial charge in [-0.05, 0) is 45.7 Å². The molecule has 0 radical (unpaired) electrons. The molecule has 136 valence electrons. The van der Waals surface area contributed by atoms with E-state index in [4.69, 9.17) is 4.74 Å². The Morgan fingerprint density at radius 2 is 1.81 bits per heavy atom. The molecule has 3 nitrogen and oxygen atoms in total. The monoisotopic (exact) mass is 362 g/mol. The molecule has 1 aliphatic heterocycles. The number of cyclic esters (lactones) is 1. The van der Waals surface area contributed by atoms with Gasteiger partial charge in [-0.3, -0.25) is 4.79 Å². The minimum absolute atomic E-state index is 0.0411. The quantitative estimate of drug-likeness (QED) is 0.686. The van der Waals surface area contributed by atoms with Crippen LogP contribution in [0.5, 0.6) is 0 Å². The second-order valence-electron chi connectivity index (χ2n) is 6.74. The predicted molar refractivity (Wildman–Crippen MR) is 103 cm³/mol. The van der Waals surface area contributed by atoms with E-state index in [1.54, 1.807) is 12.1 Å². The van der Waals surface area contributed by atoms with Gasteiger partial charge in [-0.15, -0.1) is 0 Å². The molecular weight excluding hydrogens is 343 g/mol. The third kappa shape index (κ3) is 3.76. The van der Waals surface area contributed by atoms with E-state index in [9.17, 15) is 14.3 Å². The van der Waals surface area contributed by atoms with Crippen LogP contribution < -0.4 is 0 Å². The lowest BCUT2D eigenvalue weighted by Gasteiger charge is -2.23. The maximum Gasteiger partial charge on any atom is 0.309 e. The van der Waals surface area contributed by atoms with Crippen molar-refractivity contribution >= 4 is 22.8 Å². The zero-order valence-corrected chi connectivity index (χ0v) is 14.6. The van der Waals surface area contributed by atoms with Crippen molar-refractivity contribution in [2.75, 3.05) is 0 Å². The molecule has 1 aliphatic rings. The average Bonchev–Trinajstić information content (AvgIpc) is 2.66. The van der Waals surface area contributed by atoms with Gasteiger partial charge in [-0.25, -0.2) is 4.39 Å². The Kier molecular flexibility index (Phi) is 4.73. The van der Waals surface area contributed by atoms with Gasteiger partial charge in [0.2, 0.25) is 0 Å². The number of benzene rings is 3. The van der Waals surface area contributed by atoms with Gasteiger partial charge in [0, 0.05) is 6.42 Å². The maximum atomic E-state index is 13.3. The highest BCUT2D eigenvalue weighted by atomic mass is 19.1. The first kappa shape index (κ1) is 17.4. The number of aliphatic hydroxyl groups excluding tert-OH is 1. The van der Waals surface area contributed by atoms with Crippen LogP contribution in [0.15, 0.2) is 66.7 Å². The number of aliphatic hydroxyl groups is 1. The average molecular weight is 362 g/mol. The van der Waals surface area contributed by atoms with E-state index < -0.39 is 12.2 Å². The van der Waals surface area contributed by atoms with Crippen LogP contribution in [-0.2, 0) is 9.53 Å². The lowest BCUT2D eigenvalue weighted by molar-refractivity contribution is -0.156. The molecule has 2 atom stereocenters. The molecule has 4 heteroatoms. The summed E-state index contributed by atoms with van der Waals surface area (Å²) in [6.45, 7) is 0. The largest absolute Gasteiger partial charge is 0.458 e. The molecule has 1 N–H and O–H groups in total. The predicted octanol–water partition coefficient (Wildman–Crippen LogP) is 4.73. The number of hydrogen-bond acceptors (Lipinski definition) is 3. The van der Waals surface area contributed by atoms with E-state index in [1.807, 2.05) is 48.6 Å². The van der Waals surface area contributed by atoms with Crippen LogP contribution in [0.4, 0.5) is 4.39 Å². The molecule has 3 aromatic carbocycles. The fourth-order valence-corrected chi connectivity index (χ4v) is 3.49. The highest BCUT2D eigenvalue weighted by Gasteiger charge is 2.25. The van der Waals surface area contributed by atoms with E-state index in [0.29, 0.717) is 6.42 Å². The number of rotatable bonds is 3. The standard InChI is InChI=1S/C23H19FO3/c24-17-8-5-16(6-9-17)21-11-7-15-3-1-2-4-20(15)22(21)12-10-19-13-18(25)14-23(26)27-19/h1-12,18-19,25H,13-14H2/t18-,19-/m1/s1. The van der Waals surface area contributed by atoms with E-state index in [2.05, 4.69) is 0 Å². The molecular formula is C23H19FO3. The van der Waals surface area contributed by atoms with Crippen molar-refractivity contribution in [1.29, 1.82) is 0 Å². The summed E-state index contributed by atoms with van der Waals surface area (Å²) in [6, 6.07) is 18.4. The summed E-state index contributed by atoms with van der Waals surface area (Å²) in [4.78, 5) is 11.6. The molecule has 1 fully saturated rings. The highest BCUT2D eigenvalue weighted by molar-refractivity contribution is 5.97. The van der Waals surface area contributed by atoms with E-state index in [-0.39, 0.29) is 18.2 Å². The number of halogens is 1. The van der Waals surface area contributed by atoms with Gasteiger partial charge in [0.05, 0.1) is 12.5 Å². The molecule has 0 aromatic heterocycles. The van der Waals surface area contributed by atoms with Crippen LogP contribution in [0.25, 0.3) is 28.0 Å². The third-order valence-corrected chi connectivity index (χ3v) is 4.79. The van der Waals surface area contributed by atoms with Gasteiger partial charge in [0.25, 0.3) is 0 Å². The van der Waals surface area contributed by atoms with Crippen LogP contribution in [0, 0.1) is 5.82 Å². The van der Waals surface area contributed by atoms with E-state index in [0.717, 1.165) is 27.5 Å². The zero-order valence-electron chi connectivity index (χ0n) is 14.6. The smallest absolute Gasteiger partial charge is 0.309 e. The van der Waals surface area contributed by atoms with Crippen LogP contribution in [0.2, 0.25) is 0 Å². The Morgan fingerprint density at radius 3 is 2.59 bits per heavy atom. The highest BCUT2D eigenvalue weighted by Crippen LogP contribution is 2.32. The minimum Gasteiger partial charge on any atom is -0.458 e. The van der Waals surface area contributed by atoms with Crippen molar-refractivity contribution in [3.63, 3.8) is 0 Å². The summed E-state index contributed by atoms with van der Waals surface area (Å²) >= 11 is 0. The van der Waals surface area contributed by atoms with Crippen molar-refractivity contribution in [2.45, 2.75) is 25.0 Å². The molecule has 1 heterocycles. The Hall–Kier alpha value is -2.98. The number of esters is 1. The molecule has 0 spiro atoms. The molecule has 0 unspecified atom stereocenters. The Labute approximate surface area is 156 Å². The number of fused-ring (bicyclic) bond motifs is 1. The van der Waals surface area contributed by atoms with Crippen LogP contribution in [0.3, 0.4) is 0 Å². The summed E-state index contributed by atoms with van der Waals surface area (Å²) < 4.78 is 18.7. The van der Waals surface area contributed by atoms with Crippen molar-refractivity contribution in [2.24, 2.45) is 0 Å². The first-order valence-corrected chi connectivity index (χ1v) is 8.93. The summed E-state index contributed by atoms with van der Waals surface area (Å²) in [7, 11) is 0. The SMILES string of the molecule is O=C1C[C@H](O)C[C@@H](C=Cc2c(-c3ccc(F)cc3)ccc3ccccc23)O1. The van der Waals surface area contributed by atoms with Crippen molar-refractivity contribution in [3.8, 4) is 11.1 Å². The molecule has 3 aromatic rings. The first-order chi connectivity index (χ1) is 13.1. The second-order valence-corrected chi connectivity index (χ2v) is 6.74. The number of carbonyl (C=O) groups excluding carboxylic acids is 1. The van der Waals surface area contributed by atoms with Gasteiger partial charge < -0.3 is 9.84 Å². The first-order valence-electron chi connectivity index (χ1n) is 8.93. The summed E-state index contributed by atoms with van der Waals surface area (Å²) in [5.41, 5.74) is 2.84. The zero-order chi connectivity index (χ0) is 18.8. The molecule has 0 saturated carbocycles. The van der Waals surface area contributed by atoms with Gasteiger partial charge in [-0.1, -0.05) is 54.6 Å². The van der Waals surface area contributed by atoms with Crippen LogP contribution in [-0.4, -0.2) is 23.3 Å². The number of hydrogen-bond donors (Lipinski definition) is 1. The number of carbonyl (C=O) groups is 1. The minimum atomic E-state index is -0.676. The summed E-state index contributed by atoms with van der Waals surface area (Å²) in [5, 5.41) is 11.9. The summed E-state index contributed by atoms with van der Waals surface area (Å²) in [6.07, 6.45) is 3.04. The molecule has 0 amide bonds. The number of ether oxygens (including phenoxy) is 1. The molecule has 0 bridgehead atoms. The molecule has 1 saturated heterocycles. The maximum absolute atomic E-state index is 13.3. The Bertz CT molecular complexity index is 1010. The third-order valence-electron chi connectivity index (χ3n) is 4.79. The Balaban J connectivity index is 1.79. The lowest BCUT2D eigenvalue weighted by Crippen LogP contribution is -2.31. The van der Waals surface area contributed by atoms with Gasteiger partial charge in [-0.2, -0.15) is 0 Å². The van der Waals surface area contributed by atoms with Crippen LogP contribution >= 0.6 is 0 Å². The van der Waals surface area contributed by atoms with Crippen molar-refractivity contribution in [1.82, 2.24) is 0 Å². The van der Waals surface area contributed by atoms with Crippen LogP contribution in [0.1, 0.15) is 18.4 Å². The fraction of sp³-hybridized carbons (Fsp3) is 0.174. The van der Waals surface area contributed by atoms with Gasteiger partial charge in [0.15, 0.2) is 0 Å². The van der Waals surface area contributed by atoms with E-state index >= 15 is 0 Å². The summed E-state index contributed by atoms with van der Waals surface area (Å²) in [5.74, 6) is -0.667. The lowest BCUT2D eigenvalue weighted by atomic mass is 9.93. The topological polar surface area (TPSA) is 46.5 Å². The molecule has 27 heavy (non-hydrogen) atoms. The molecule has 0 aliphatic carbocycles. The van der Waals surface area contributed by atoms with Crippen molar-refractivity contribution in [3.05, 3.63) is 78.1 Å². The molecule has 4 rings (SSSR count). The van der Waals surface area contributed by atoms with Crippen molar-refractivity contribution < 1.29 is 19.0 Å². The van der Waals surface area contributed by atoms with E-state index in [1.165, 1.54) is 12.1 Å².